The third-order valence-electron chi connectivity index (χ3n) is 5.14. The number of carbonyl (C=O) groups is 2. The van der Waals surface area contributed by atoms with Crippen LogP contribution in [0.15, 0.2) is 24.3 Å². The van der Waals surface area contributed by atoms with Crippen molar-refractivity contribution < 1.29 is 9.59 Å². The van der Waals surface area contributed by atoms with Crippen LogP contribution >= 0.6 is 0 Å². The molecule has 23 heavy (non-hydrogen) atoms. The first-order valence-electron chi connectivity index (χ1n) is 8.16. The average molecular weight is 312 g/mol. The molecule has 1 saturated carbocycles. The van der Waals surface area contributed by atoms with Crippen LogP contribution in [0.4, 0.5) is 0 Å². The molecule has 2 N–H and O–H groups in total. The van der Waals surface area contributed by atoms with Gasteiger partial charge in [0, 0.05) is 13.1 Å². The Labute approximate surface area is 134 Å². The van der Waals surface area contributed by atoms with Crippen LogP contribution in [0.3, 0.4) is 0 Å². The van der Waals surface area contributed by atoms with E-state index in [9.17, 15) is 9.59 Å². The third-order valence-corrected chi connectivity index (χ3v) is 5.14. The largest absolute Gasteiger partial charge is 0.341 e. The number of rotatable bonds is 3. The zero-order valence-electron chi connectivity index (χ0n) is 13.0. The van der Waals surface area contributed by atoms with Crippen LogP contribution in [0.2, 0.25) is 0 Å². The first kappa shape index (κ1) is 14.2. The van der Waals surface area contributed by atoms with Crippen molar-refractivity contribution in [3.63, 3.8) is 0 Å². The lowest BCUT2D eigenvalue weighted by molar-refractivity contribution is -0.131. The molecule has 4 rings (SSSR count). The minimum absolute atomic E-state index is 0.00930. The molecule has 2 fully saturated rings. The number of hydrogen-bond acceptors (Lipinski definition) is 3. The monoisotopic (exact) mass is 312 g/mol. The van der Waals surface area contributed by atoms with Crippen molar-refractivity contribution in [2.75, 3.05) is 19.6 Å². The van der Waals surface area contributed by atoms with Crippen molar-refractivity contribution in [2.24, 2.45) is 5.41 Å². The van der Waals surface area contributed by atoms with Crippen LogP contribution in [-0.4, -0.2) is 46.3 Å². The molecule has 0 bridgehead atoms. The normalized spacial score (nSPS) is 19.0. The lowest BCUT2D eigenvalue weighted by Gasteiger charge is -2.32. The summed E-state index contributed by atoms with van der Waals surface area (Å²) in [6.07, 6.45) is 4.85. The molecule has 1 aliphatic heterocycles. The first-order valence-corrected chi connectivity index (χ1v) is 8.16. The highest BCUT2D eigenvalue weighted by Crippen LogP contribution is 2.53. The van der Waals surface area contributed by atoms with E-state index in [1.54, 1.807) is 0 Å². The smallest absolute Gasteiger partial charge is 0.287 e. The summed E-state index contributed by atoms with van der Waals surface area (Å²) < 4.78 is 0. The van der Waals surface area contributed by atoms with Gasteiger partial charge in [-0.25, -0.2) is 4.98 Å². The zero-order valence-corrected chi connectivity index (χ0v) is 13.0. The van der Waals surface area contributed by atoms with E-state index >= 15 is 0 Å². The third kappa shape index (κ3) is 2.81. The van der Waals surface area contributed by atoms with Gasteiger partial charge in [-0.05, 0) is 43.2 Å². The van der Waals surface area contributed by atoms with Crippen LogP contribution in [0.1, 0.15) is 36.3 Å². The summed E-state index contributed by atoms with van der Waals surface area (Å²) in [5.41, 5.74) is 2.11. The predicted octanol–water partition coefficient (Wildman–Crippen LogP) is 1.70. The highest BCUT2D eigenvalue weighted by atomic mass is 16.2. The molecule has 1 saturated heterocycles. The molecule has 1 aromatic heterocycles. The fourth-order valence-electron chi connectivity index (χ4n) is 3.32. The van der Waals surface area contributed by atoms with Crippen molar-refractivity contribution in [1.82, 2.24) is 20.2 Å². The lowest BCUT2D eigenvalue weighted by atomic mass is 9.94. The van der Waals surface area contributed by atoms with Crippen molar-refractivity contribution in [3.8, 4) is 0 Å². The average Bonchev–Trinajstić information content (AvgIpc) is 3.18. The highest BCUT2D eigenvalue weighted by molar-refractivity contribution is 5.96. The van der Waals surface area contributed by atoms with Crippen LogP contribution in [0.25, 0.3) is 11.0 Å². The lowest BCUT2D eigenvalue weighted by Crippen LogP contribution is -2.44. The maximum atomic E-state index is 12.2. The van der Waals surface area contributed by atoms with E-state index in [2.05, 4.69) is 15.3 Å². The van der Waals surface area contributed by atoms with Gasteiger partial charge in [0.2, 0.25) is 5.91 Å². The Hall–Kier alpha value is -2.37. The number of aromatic amines is 1. The number of likely N-dealkylation sites (tertiary alicyclic amines) is 1. The molecule has 0 unspecified atom stereocenters. The van der Waals surface area contributed by atoms with Gasteiger partial charge in [0.05, 0.1) is 17.6 Å². The van der Waals surface area contributed by atoms with Gasteiger partial charge in [-0.2, -0.15) is 0 Å². The molecule has 0 atom stereocenters. The van der Waals surface area contributed by atoms with Crippen LogP contribution < -0.4 is 5.32 Å². The Balaban J connectivity index is 1.33. The molecular weight excluding hydrogens is 292 g/mol. The van der Waals surface area contributed by atoms with Crippen molar-refractivity contribution in [2.45, 2.75) is 25.7 Å². The fourth-order valence-corrected chi connectivity index (χ4v) is 3.32. The molecule has 0 radical (unpaired) electrons. The number of H-pyrrole nitrogens is 1. The summed E-state index contributed by atoms with van der Waals surface area (Å²) in [5.74, 6) is -0.107. The van der Waals surface area contributed by atoms with E-state index in [0.29, 0.717) is 5.41 Å². The Morgan fingerprint density at radius 3 is 2.61 bits per heavy atom. The van der Waals surface area contributed by atoms with Gasteiger partial charge >= 0.3 is 0 Å². The number of fused-ring (bicyclic) bond motifs is 1. The molecule has 6 nitrogen and oxygen atoms in total. The second-order valence-electron chi connectivity index (χ2n) is 6.67. The molecule has 1 aromatic carbocycles. The minimum atomic E-state index is -0.342. The van der Waals surface area contributed by atoms with Gasteiger partial charge in [0.15, 0.2) is 5.82 Å². The van der Waals surface area contributed by atoms with Gasteiger partial charge < -0.3 is 15.2 Å². The van der Waals surface area contributed by atoms with Gasteiger partial charge in [0.25, 0.3) is 5.91 Å². The molecule has 120 valence electrons. The Bertz CT molecular complexity index is 720. The summed E-state index contributed by atoms with van der Waals surface area (Å²) in [7, 11) is 0. The fraction of sp³-hybridized carbons (Fsp3) is 0.471. The van der Waals surface area contributed by atoms with Gasteiger partial charge in [-0.3, -0.25) is 9.59 Å². The molecule has 2 aliphatic rings. The summed E-state index contributed by atoms with van der Waals surface area (Å²) in [5, 5.41) is 2.67. The molecule has 1 aliphatic carbocycles. The molecule has 6 heteroatoms. The Morgan fingerprint density at radius 1 is 1.17 bits per heavy atom. The molecule has 2 aromatic rings. The number of aromatic nitrogens is 2. The van der Waals surface area contributed by atoms with E-state index < -0.39 is 0 Å². The number of carbonyl (C=O) groups excluding carboxylic acids is 2. The first-order chi connectivity index (χ1) is 11.2. The number of piperidine rings is 1. The molecular formula is C17H20N4O2. The molecule has 2 heterocycles. The summed E-state index contributed by atoms with van der Waals surface area (Å²) >= 11 is 0. The van der Waals surface area contributed by atoms with Crippen LogP contribution in [0.5, 0.6) is 0 Å². The second-order valence-corrected chi connectivity index (χ2v) is 6.67. The van der Waals surface area contributed by atoms with E-state index in [-0.39, 0.29) is 24.2 Å². The number of nitrogens with one attached hydrogen (secondary N) is 2. The number of benzene rings is 1. The quantitative estimate of drug-likeness (QED) is 0.905. The second kappa shape index (κ2) is 5.37. The van der Waals surface area contributed by atoms with Crippen LogP contribution in [-0.2, 0) is 4.79 Å². The molecule has 2 amide bonds. The van der Waals surface area contributed by atoms with Crippen molar-refractivity contribution >= 4 is 22.8 Å². The summed E-state index contributed by atoms with van der Waals surface area (Å²) in [6.45, 7) is 1.67. The minimum Gasteiger partial charge on any atom is -0.341 e. The maximum absolute atomic E-state index is 12.2. The number of imidazole rings is 1. The maximum Gasteiger partial charge on any atom is 0.287 e. The van der Waals surface area contributed by atoms with Gasteiger partial charge in [0.1, 0.15) is 0 Å². The van der Waals surface area contributed by atoms with E-state index in [0.717, 1.165) is 37.0 Å². The SMILES string of the molecule is O=C(NCC(=O)N1CCC2(CC1)CC2)c1nc2ccccc2[nH]1. The van der Waals surface area contributed by atoms with Crippen LogP contribution in [0, 0.1) is 5.41 Å². The number of para-hydroxylation sites is 2. The molecule has 1 spiro atoms. The number of amides is 2. The highest BCUT2D eigenvalue weighted by Gasteiger charge is 2.44. The standard InChI is InChI=1S/C17H20N4O2/c22-14(21-9-7-17(5-6-17)8-10-21)11-18-16(23)15-19-12-3-1-2-4-13(12)20-15/h1-4H,5-11H2,(H,18,23)(H,19,20). The van der Waals surface area contributed by atoms with E-state index in [1.807, 2.05) is 29.2 Å². The Kier molecular flexibility index (Phi) is 3.32. The number of nitrogens with zero attached hydrogens (tertiary/aromatic N) is 2. The van der Waals surface area contributed by atoms with Gasteiger partial charge in [-0.15, -0.1) is 0 Å². The van der Waals surface area contributed by atoms with E-state index in [4.69, 9.17) is 0 Å². The van der Waals surface area contributed by atoms with Crippen molar-refractivity contribution in [1.29, 1.82) is 0 Å². The van der Waals surface area contributed by atoms with E-state index in [1.165, 1.54) is 12.8 Å². The van der Waals surface area contributed by atoms with Gasteiger partial charge in [-0.1, -0.05) is 12.1 Å². The number of hydrogen-bond donors (Lipinski definition) is 2. The van der Waals surface area contributed by atoms with Crippen molar-refractivity contribution in [3.05, 3.63) is 30.1 Å². The predicted molar refractivity (Wildman–Crippen MR) is 85.9 cm³/mol. The summed E-state index contributed by atoms with van der Waals surface area (Å²) in [4.78, 5) is 33.4. The zero-order chi connectivity index (χ0) is 15.9. The Morgan fingerprint density at radius 2 is 1.91 bits per heavy atom. The summed E-state index contributed by atoms with van der Waals surface area (Å²) in [6, 6.07) is 7.47. The topological polar surface area (TPSA) is 78.1 Å².